The second kappa shape index (κ2) is 7.39. The van der Waals surface area contributed by atoms with E-state index < -0.39 is 0 Å². The van der Waals surface area contributed by atoms with Gasteiger partial charge in [-0.25, -0.2) is 4.39 Å². The van der Waals surface area contributed by atoms with Gasteiger partial charge in [0.2, 0.25) is 0 Å². The first kappa shape index (κ1) is 16.4. The van der Waals surface area contributed by atoms with Crippen molar-refractivity contribution in [3.63, 3.8) is 0 Å². The van der Waals surface area contributed by atoms with Crippen LogP contribution in [0.1, 0.15) is 5.56 Å². The monoisotopic (exact) mass is 354 g/mol. The topological polar surface area (TPSA) is 24.5 Å². The molecule has 1 aliphatic rings. The molecule has 0 amide bonds. The third-order valence-corrected chi connectivity index (χ3v) is 4.38. The van der Waals surface area contributed by atoms with E-state index in [9.17, 15) is 4.39 Å². The molecule has 0 bridgehead atoms. The first-order valence-corrected chi connectivity index (χ1v) is 8.19. The van der Waals surface area contributed by atoms with Gasteiger partial charge in [0.05, 0.1) is 24.6 Å². The molecular formula is C17H17Cl2FN2O. The van der Waals surface area contributed by atoms with Crippen LogP contribution in [0.4, 0.5) is 15.8 Å². The van der Waals surface area contributed by atoms with Crippen molar-refractivity contribution in [2.24, 2.45) is 0 Å². The van der Waals surface area contributed by atoms with Crippen LogP contribution in [0, 0.1) is 5.82 Å². The van der Waals surface area contributed by atoms with Crippen molar-refractivity contribution in [1.82, 2.24) is 0 Å². The van der Waals surface area contributed by atoms with Crippen molar-refractivity contribution >= 4 is 34.6 Å². The lowest BCUT2D eigenvalue weighted by Gasteiger charge is -2.31. The van der Waals surface area contributed by atoms with Crippen LogP contribution in [-0.4, -0.2) is 26.3 Å². The summed E-state index contributed by atoms with van der Waals surface area (Å²) in [5.41, 5.74) is 2.84. The Balaban J connectivity index is 1.79. The highest BCUT2D eigenvalue weighted by Crippen LogP contribution is 2.30. The summed E-state index contributed by atoms with van der Waals surface area (Å²) in [6.45, 7) is 3.61. The quantitative estimate of drug-likeness (QED) is 0.869. The molecule has 3 rings (SSSR count). The van der Waals surface area contributed by atoms with Gasteiger partial charge in [-0.3, -0.25) is 0 Å². The molecule has 1 N–H and O–H groups in total. The molecule has 1 saturated heterocycles. The zero-order valence-corrected chi connectivity index (χ0v) is 14.0. The van der Waals surface area contributed by atoms with Gasteiger partial charge in [0.25, 0.3) is 0 Å². The van der Waals surface area contributed by atoms with Gasteiger partial charge in [-0.1, -0.05) is 29.3 Å². The summed E-state index contributed by atoms with van der Waals surface area (Å²) < 4.78 is 18.5. The minimum atomic E-state index is -0.337. The van der Waals surface area contributed by atoms with Gasteiger partial charge in [0, 0.05) is 29.7 Å². The second-order valence-corrected chi connectivity index (χ2v) is 6.19. The molecule has 0 aliphatic carbocycles. The van der Waals surface area contributed by atoms with Gasteiger partial charge < -0.3 is 15.0 Å². The van der Waals surface area contributed by atoms with Crippen LogP contribution in [-0.2, 0) is 11.3 Å². The van der Waals surface area contributed by atoms with Gasteiger partial charge in [-0.15, -0.1) is 0 Å². The fourth-order valence-corrected chi connectivity index (χ4v) is 2.99. The van der Waals surface area contributed by atoms with E-state index >= 15 is 0 Å². The summed E-state index contributed by atoms with van der Waals surface area (Å²) in [6, 6.07) is 10.2. The van der Waals surface area contributed by atoms with Crippen LogP contribution >= 0.6 is 23.2 Å². The van der Waals surface area contributed by atoms with Crippen LogP contribution < -0.4 is 10.2 Å². The summed E-state index contributed by atoms with van der Waals surface area (Å²) in [5, 5.41) is 4.43. The van der Waals surface area contributed by atoms with E-state index in [0.29, 0.717) is 29.8 Å². The summed E-state index contributed by atoms with van der Waals surface area (Å²) in [4.78, 5) is 2.26. The minimum Gasteiger partial charge on any atom is -0.379 e. The SMILES string of the molecule is Fc1ccc(CNc2cc(Cl)ccc2N2CCOCC2)c(Cl)c1. The van der Waals surface area contributed by atoms with E-state index in [0.717, 1.165) is 30.0 Å². The Morgan fingerprint density at radius 3 is 2.61 bits per heavy atom. The van der Waals surface area contributed by atoms with Crippen molar-refractivity contribution in [2.45, 2.75) is 6.54 Å². The van der Waals surface area contributed by atoms with Gasteiger partial charge >= 0.3 is 0 Å². The normalized spacial score (nSPS) is 14.8. The van der Waals surface area contributed by atoms with Crippen molar-refractivity contribution in [2.75, 3.05) is 36.5 Å². The Morgan fingerprint density at radius 1 is 1.09 bits per heavy atom. The lowest BCUT2D eigenvalue weighted by Crippen LogP contribution is -2.36. The number of halogens is 3. The van der Waals surface area contributed by atoms with E-state index in [-0.39, 0.29) is 5.82 Å². The zero-order valence-electron chi connectivity index (χ0n) is 12.5. The molecular weight excluding hydrogens is 338 g/mol. The van der Waals surface area contributed by atoms with Crippen LogP contribution in [0.15, 0.2) is 36.4 Å². The molecule has 6 heteroatoms. The Labute approximate surface area is 145 Å². The van der Waals surface area contributed by atoms with Crippen LogP contribution in [0.5, 0.6) is 0 Å². The zero-order chi connectivity index (χ0) is 16.2. The van der Waals surface area contributed by atoms with E-state index in [1.54, 1.807) is 6.07 Å². The number of morpholine rings is 1. The van der Waals surface area contributed by atoms with Crippen LogP contribution in [0.3, 0.4) is 0 Å². The first-order chi connectivity index (χ1) is 11.1. The molecule has 1 heterocycles. The largest absolute Gasteiger partial charge is 0.379 e. The van der Waals surface area contributed by atoms with Crippen molar-refractivity contribution in [1.29, 1.82) is 0 Å². The smallest absolute Gasteiger partial charge is 0.124 e. The van der Waals surface area contributed by atoms with Crippen molar-refractivity contribution < 1.29 is 9.13 Å². The number of nitrogens with zero attached hydrogens (tertiary/aromatic N) is 1. The van der Waals surface area contributed by atoms with E-state index in [1.165, 1.54) is 12.1 Å². The number of nitrogens with one attached hydrogen (secondary N) is 1. The molecule has 0 atom stereocenters. The molecule has 0 unspecified atom stereocenters. The standard InChI is InChI=1S/C17H17Cl2FN2O/c18-13-2-4-17(22-5-7-23-8-6-22)16(9-13)21-11-12-1-3-14(20)10-15(12)19/h1-4,9-10,21H,5-8,11H2. The van der Waals surface area contributed by atoms with Gasteiger partial charge in [0.15, 0.2) is 0 Å². The molecule has 3 nitrogen and oxygen atoms in total. The predicted octanol–water partition coefficient (Wildman–Crippen LogP) is 4.58. The maximum absolute atomic E-state index is 13.1. The molecule has 23 heavy (non-hydrogen) atoms. The fraction of sp³-hybridized carbons (Fsp3) is 0.294. The predicted molar refractivity (Wildman–Crippen MR) is 93.2 cm³/mol. The number of hydrogen-bond donors (Lipinski definition) is 1. The summed E-state index contributed by atoms with van der Waals surface area (Å²) in [5.74, 6) is -0.337. The van der Waals surface area contributed by atoms with Crippen LogP contribution in [0.2, 0.25) is 10.0 Å². The molecule has 2 aromatic carbocycles. The number of rotatable bonds is 4. The molecule has 0 aromatic heterocycles. The number of benzene rings is 2. The number of ether oxygens (including phenoxy) is 1. The maximum atomic E-state index is 13.1. The second-order valence-electron chi connectivity index (χ2n) is 5.35. The average molecular weight is 355 g/mol. The average Bonchev–Trinajstić information content (AvgIpc) is 2.55. The summed E-state index contributed by atoms with van der Waals surface area (Å²) in [6.07, 6.45) is 0. The van der Waals surface area contributed by atoms with Gasteiger partial charge in [0.1, 0.15) is 5.82 Å². The fourth-order valence-electron chi connectivity index (χ4n) is 2.59. The third-order valence-electron chi connectivity index (χ3n) is 3.79. The Kier molecular flexibility index (Phi) is 5.26. The third kappa shape index (κ3) is 4.08. The maximum Gasteiger partial charge on any atom is 0.124 e. The van der Waals surface area contributed by atoms with E-state index in [4.69, 9.17) is 27.9 Å². The highest BCUT2D eigenvalue weighted by atomic mass is 35.5. The Bertz CT molecular complexity index is 690. The van der Waals surface area contributed by atoms with Crippen LogP contribution in [0.25, 0.3) is 0 Å². The Morgan fingerprint density at radius 2 is 1.87 bits per heavy atom. The molecule has 0 spiro atoms. The minimum absolute atomic E-state index is 0.337. The van der Waals surface area contributed by atoms with Gasteiger partial charge in [-0.2, -0.15) is 0 Å². The van der Waals surface area contributed by atoms with E-state index in [1.807, 2.05) is 18.2 Å². The highest BCUT2D eigenvalue weighted by Gasteiger charge is 2.15. The van der Waals surface area contributed by atoms with Gasteiger partial charge in [-0.05, 0) is 35.9 Å². The number of hydrogen-bond acceptors (Lipinski definition) is 3. The number of anilines is 2. The molecule has 1 fully saturated rings. The molecule has 1 aliphatic heterocycles. The van der Waals surface area contributed by atoms with Crippen molar-refractivity contribution in [3.8, 4) is 0 Å². The lowest BCUT2D eigenvalue weighted by molar-refractivity contribution is 0.123. The molecule has 0 saturated carbocycles. The Hall–Kier alpha value is -1.49. The summed E-state index contributed by atoms with van der Waals surface area (Å²) >= 11 is 12.2. The van der Waals surface area contributed by atoms with E-state index in [2.05, 4.69) is 10.2 Å². The highest BCUT2D eigenvalue weighted by molar-refractivity contribution is 6.31. The van der Waals surface area contributed by atoms with Crippen molar-refractivity contribution in [3.05, 3.63) is 57.8 Å². The summed E-state index contributed by atoms with van der Waals surface area (Å²) in [7, 11) is 0. The molecule has 122 valence electrons. The lowest BCUT2D eigenvalue weighted by atomic mass is 10.2. The molecule has 2 aromatic rings. The molecule has 0 radical (unpaired) electrons. The first-order valence-electron chi connectivity index (χ1n) is 7.43.